The van der Waals surface area contributed by atoms with Gasteiger partial charge in [0.2, 0.25) is 0 Å². The summed E-state index contributed by atoms with van der Waals surface area (Å²) < 4.78 is 121. The highest BCUT2D eigenvalue weighted by atomic mass is 16.3. The molecule has 45 heavy (non-hydrogen) atoms. The first-order valence-electron chi connectivity index (χ1n) is 20.9. The lowest BCUT2D eigenvalue weighted by Gasteiger charge is -2.17. The van der Waals surface area contributed by atoms with E-state index in [9.17, 15) is 5.48 Å². The molecule has 210 valence electrons. The molecule has 0 unspecified atom stereocenters. The van der Waals surface area contributed by atoms with E-state index in [1.807, 2.05) is 48.5 Å². The van der Waals surface area contributed by atoms with Gasteiger partial charge in [0.1, 0.15) is 11.2 Å². The van der Waals surface area contributed by atoms with Crippen molar-refractivity contribution in [2.45, 2.75) is 0 Å². The monoisotopic (exact) mass is 585 g/mol. The Morgan fingerprint density at radius 3 is 1.49 bits per heavy atom. The number of benzene rings is 8. The van der Waals surface area contributed by atoms with Crippen LogP contribution in [0.25, 0.3) is 88.0 Å². The molecule has 0 aliphatic carbocycles. The lowest BCUT2D eigenvalue weighted by molar-refractivity contribution is 0.669. The van der Waals surface area contributed by atoms with Crippen LogP contribution in [0.3, 0.4) is 0 Å². The SMILES string of the molecule is [2H]c1c([2H])c([2H])c(-c2c3c([2H])c([2H])c([2H])c([2H])c3c(-c3ccc4oc5cc(-c6ccc(-c7ccccc7)cc6)ccc5c4c3)c3c([2H])c([2H])c([2H])c([2H])c23)c([2H])c1[2H]. The summed E-state index contributed by atoms with van der Waals surface area (Å²) >= 11 is 0. The number of fused-ring (bicyclic) bond motifs is 5. The molecule has 1 heteroatoms. The topological polar surface area (TPSA) is 13.1 Å². The van der Waals surface area contributed by atoms with Crippen molar-refractivity contribution in [3.8, 4) is 44.5 Å². The maximum absolute atomic E-state index is 9.23. The molecule has 0 atom stereocenters. The number of hydrogen-bond acceptors (Lipinski definition) is 1. The molecule has 0 aliphatic heterocycles. The molecule has 0 aliphatic rings. The van der Waals surface area contributed by atoms with E-state index in [0.29, 0.717) is 22.1 Å². The normalized spacial score (nSPS) is 15.6. The second-order valence-corrected chi connectivity index (χ2v) is 10.7. The third-order valence-electron chi connectivity index (χ3n) is 8.21. The molecule has 0 bridgehead atoms. The molecule has 0 amide bonds. The Morgan fingerprint density at radius 1 is 0.333 bits per heavy atom. The van der Waals surface area contributed by atoms with E-state index in [-0.39, 0.29) is 32.7 Å². The molecule has 1 nitrogen and oxygen atoms in total. The molecule has 1 aromatic heterocycles. The first-order valence-corrected chi connectivity index (χ1v) is 14.4. The fourth-order valence-electron chi connectivity index (χ4n) is 6.14. The fraction of sp³-hybridized carbons (Fsp3) is 0. The Labute approximate surface area is 279 Å². The van der Waals surface area contributed by atoms with E-state index in [1.54, 1.807) is 18.2 Å². The van der Waals surface area contributed by atoms with E-state index in [0.717, 1.165) is 27.6 Å². The van der Waals surface area contributed by atoms with Crippen LogP contribution >= 0.6 is 0 Å². The minimum atomic E-state index is -0.715. The predicted octanol–water partition coefficient (Wildman–Crippen LogP) is 12.6. The van der Waals surface area contributed by atoms with E-state index in [1.165, 1.54) is 0 Å². The van der Waals surface area contributed by atoms with Crippen LogP contribution < -0.4 is 0 Å². The molecule has 1 heterocycles. The Bertz CT molecular complexity index is 3140. The zero-order valence-electron chi connectivity index (χ0n) is 36.6. The molecule has 0 spiro atoms. The molecular formula is C44H28O. The summed E-state index contributed by atoms with van der Waals surface area (Å²) in [5.74, 6) is 0. The summed E-state index contributed by atoms with van der Waals surface area (Å²) in [6.07, 6.45) is 0. The van der Waals surface area contributed by atoms with Gasteiger partial charge in [0.15, 0.2) is 0 Å². The van der Waals surface area contributed by atoms with Crippen LogP contribution in [0.2, 0.25) is 0 Å². The van der Waals surface area contributed by atoms with Crippen molar-refractivity contribution in [1.82, 2.24) is 0 Å². The number of rotatable bonds is 4. The third kappa shape index (κ3) is 4.24. The highest BCUT2D eigenvalue weighted by Gasteiger charge is 2.18. The van der Waals surface area contributed by atoms with E-state index < -0.39 is 84.1 Å². The molecule has 0 saturated heterocycles. The molecular weight excluding hydrogens is 544 g/mol. The molecule has 8 aromatic carbocycles. The van der Waals surface area contributed by atoms with Gasteiger partial charge in [0.25, 0.3) is 0 Å². The first kappa shape index (κ1) is 15.7. The second-order valence-electron chi connectivity index (χ2n) is 10.7. The Morgan fingerprint density at radius 2 is 0.844 bits per heavy atom. The highest BCUT2D eigenvalue weighted by Crippen LogP contribution is 2.44. The van der Waals surface area contributed by atoms with Crippen LogP contribution in [-0.4, -0.2) is 0 Å². The number of hydrogen-bond donors (Lipinski definition) is 0. The van der Waals surface area contributed by atoms with E-state index in [4.69, 9.17) is 16.8 Å². The van der Waals surface area contributed by atoms with Gasteiger partial charge in [-0.3, -0.25) is 0 Å². The Hall–Kier alpha value is -5.92. The van der Waals surface area contributed by atoms with Crippen LogP contribution in [0.1, 0.15) is 17.8 Å². The van der Waals surface area contributed by atoms with Crippen molar-refractivity contribution >= 4 is 43.5 Å². The summed E-state index contributed by atoms with van der Waals surface area (Å²) in [6.45, 7) is 0. The second kappa shape index (κ2) is 10.4. The lowest BCUT2D eigenvalue weighted by Crippen LogP contribution is -1.90. The number of furan rings is 1. The van der Waals surface area contributed by atoms with Crippen LogP contribution in [0, 0.1) is 0 Å². The van der Waals surface area contributed by atoms with Gasteiger partial charge in [-0.25, -0.2) is 0 Å². The maximum atomic E-state index is 9.23. The summed E-state index contributed by atoms with van der Waals surface area (Å²) in [4.78, 5) is 0. The smallest absolute Gasteiger partial charge is 0.136 e. The zero-order chi connectivity index (χ0) is 41.1. The summed E-state index contributed by atoms with van der Waals surface area (Å²) in [5.41, 5.74) is 4.79. The summed E-state index contributed by atoms with van der Waals surface area (Å²) in [7, 11) is 0. The van der Waals surface area contributed by atoms with Gasteiger partial charge in [-0.1, -0.05) is 145 Å². The van der Waals surface area contributed by atoms with Crippen molar-refractivity contribution in [1.29, 1.82) is 0 Å². The van der Waals surface area contributed by atoms with Crippen LogP contribution in [0.15, 0.2) is 174 Å². The lowest BCUT2D eigenvalue weighted by atomic mass is 9.86. The predicted molar refractivity (Wildman–Crippen MR) is 190 cm³/mol. The molecule has 0 N–H and O–H groups in total. The summed E-state index contributed by atoms with van der Waals surface area (Å²) in [5, 5.41) is 0.581. The molecule has 0 fully saturated rings. The Kier molecular flexibility index (Phi) is 3.62. The van der Waals surface area contributed by atoms with Gasteiger partial charge in [0, 0.05) is 10.8 Å². The summed E-state index contributed by atoms with van der Waals surface area (Å²) in [6, 6.07) is 20.8. The van der Waals surface area contributed by atoms with Crippen LogP contribution in [-0.2, 0) is 0 Å². The molecule has 0 saturated carbocycles. The van der Waals surface area contributed by atoms with Crippen LogP contribution in [0.5, 0.6) is 0 Å². The largest absolute Gasteiger partial charge is 0.456 e. The van der Waals surface area contributed by atoms with Gasteiger partial charge < -0.3 is 4.42 Å². The van der Waals surface area contributed by atoms with Crippen molar-refractivity contribution in [2.75, 3.05) is 0 Å². The maximum Gasteiger partial charge on any atom is 0.136 e. The van der Waals surface area contributed by atoms with E-state index >= 15 is 0 Å². The van der Waals surface area contributed by atoms with Crippen molar-refractivity contribution in [3.63, 3.8) is 0 Å². The first-order chi connectivity index (χ1) is 27.7. The van der Waals surface area contributed by atoms with Crippen LogP contribution in [0.4, 0.5) is 0 Å². The van der Waals surface area contributed by atoms with E-state index in [2.05, 4.69) is 24.3 Å². The highest BCUT2D eigenvalue weighted by molar-refractivity contribution is 6.22. The van der Waals surface area contributed by atoms with Gasteiger partial charge >= 0.3 is 0 Å². The molecule has 9 rings (SSSR count). The average molecular weight is 586 g/mol. The van der Waals surface area contributed by atoms with Crippen molar-refractivity contribution < 1.29 is 22.2 Å². The van der Waals surface area contributed by atoms with Gasteiger partial charge in [0.05, 0.1) is 17.8 Å². The zero-order valence-corrected chi connectivity index (χ0v) is 23.6. The van der Waals surface area contributed by atoms with Gasteiger partial charge in [-0.05, 0) is 90.3 Å². The molecule has 9 aromatic rings. The minimum Gasteiger partial charge on any atom is -0.456 e. The van der Waals surface area contributed by atoms with Crippen molar-refractivity contribution in [2.24, 2.45) is 0 Å². The Balaban J connectivity index is 1.35. The average Bonchev–Trinajstić information content (AvgIpc) is 3.61. The fourth-order valence-corrected chi connectivity index (χ4v) is 6.14. The van der Waals surface area contributed by atoms with Crippen molar-refractivity contribution in [3.05, 3.63) is 170 Å². The third-order valence-corrected chi connectivity index (χ3v) is 8.21. The quantitative estimate of drug-likeness (QED) is 0.187. The minimum absolute atomic E-state index is 0.0616. The standard InChI is InChI=1S/C44H28O/c1-3-11-29(12-4-1)30-19-21-31(22-20-30)33-23-25-35-40-27-34(24-26-41(40)45-42(35)28-33)44-38-17-9-7-15-36(38)43(32-13-5-2-6-14-32)37-16-8-10-18-39(37)44/h1-28H/i2D,5D,6D,7D,8D,9D,10D,13D,14D,15D,16D,17D,18D. The molecule has 0 radical (unpaired) electrons. The van der Waals surface area contributed by atoms with Gasteiger partial charge in [-0.15, -0.1) is 0 Å². The van der Waals surface area contributed by atoms with Gasteiger partial charge in [-0.2, -0.15) is 0 Å².